The van der Waals surface area contributed by atoms with E-state index in [9.17, 15) is 0 Å². The summed E-state index contributed by atoms with van der Waals surface area (Å²) < 4.78 is 0. The lowest BCUT2D eigenvalue weighted by molar-refractivity contribution is 0.535. The summed E-state index contributed by atoms with van der Waals surface area (Å²) in [7, 11) is 1.01. The molecule has 0 fully saturated rings. The molecule has 1 aromatic carbocycles. The standard InChI is InChI=1S/C14H23P.BrH/c1-13(2)9-5-4-8-12-15-14-10-6-3-7-11-14;/h3,6-7,10-11,13,15H,4-5,8-9,12H2,1-2H3;1H. The van der Waals surface area contributed by atoms with Gasteiger partial charge in [0.05, 0.1) is 0 Å². The fourth-order valence-corrected chi connectivity index (χ4v) is 2.79. The van der Waals surface area contributed by atoms with E-state index in [1.807, 2.05) is 0 Å². The molecular formula is C14H24BrP. The van der Waals surface area contributed by atoms with E-state index in [1.165, 1.54) is 37.1 Å². The highest BCUT2D eigenvalue weighted by molar-refractivity contribution is 8.93. The van der Waals surface area contributed by atoms with Crippen molar-refractivity contribution < 1.29 is 0 Å². The van der Waals surface area contributed by atoms with E-state index in [0.29, 0.717) is 0 Å². The second kappa shape index (κ2) is 10.3. The lowest BCUT2D eigenvalue weighted by Crippen LogP contribution is -1.94. The molecule has 0 aliphatic rings. The van der Waals surface area contributed by atoms with E-state index >= 15 is 0 Å². The summed E-state index contributed by atoms with van der Waals surface area (Å²) in [6, 6.07) is 10.9. The summed E-state index contributed by atoms with van der Waals surface area (Å²) in [5.41, 5.74) is 0. The third kappa shape index (κ3) is 8.30. The van der Waals surface area contributed by atoms with E-state index in [2.05, 4.69) is 44.2 Å². The van der Waals surface area contributed by atoms with Crippen LogP contribution in [0, 0.1) is 5.92 Å². The first kappa shape index (κ1) is 16.1. The Morgan fingerprint density at radius 3 is 2.31 bits per heavy atom. The summed E-state index contributed by atoms with van der Waals surface area (Å²) in [5.74, 6) is 0.876. The molecule has 1 atom stereocenters. The van der Waals surface area contributed by atoms with E-state index in [4.69, 9.17) is 0 Å². The minimum Gasteiger partial charge on any atom is -0.114 e. The Kier molecular flexibility index (Phi) is 10.4. The van der Waals surface area contributed by atoms with Gasteiger partial charge in [0.15, 0.2) is 0 Å². The summed E-state index contributed by atoms with van der Waals surface area (Å²) in [5, 5.41) is 1.52. The fourth-order valence-electron chi connectivity index (χ4n) is 1.64. The van der Waals surface area contributed by atoms with Crippen molar-refractivity contribution in [2.24, 2.45) is 5.92 Å². The molecule has 0 amide bonds. The number of rotatable bonds is 7. The van der Waals surface area contributed by atoms with Gasteiger partial charge in [0.25, 0.3) is 0 Å². The van der Waals surface area contributed by atoms with Crippen molar-refractivity contribution in [3.8, 4) is 0 Å². The first-order valence-electron chi connectivity index (χ1n) is 6.08. The van der Waals surface area contributed by atoms with Gasteiger partial charge in [-0.3, -0.25) is 0 Å². The molecular weight excluding hydrogens is 279 g/mol. The van der Waals surface area contributed by atoms with Crippen molar-refractivity contribution in [3.63, 3.8) is 0 Å². The normalized spacial score (nSPS) is 10.9. The molecule has 16 heavy (non-hydrogen) atoms. The van der Waals surface area contributed by atoms with Crippen LogP contribution in [0.5, 0.6) is 0 Å². The third-order valence-corrected chi connectivity index (χ3v) is 3.91. The maximum absolute atomic E-state index is 2.31. The Morgan fingerprint density at radius 2 is 1.69 bits per heavy atom. The van der Waals surface area contributed by atoms with Gasteiger partial charge in [0.2, 0.25) is 0 Å². The van der Waals surface area contributed by atoms with Gasteiger partial charge in [-0.1, -0.05) is 72.0 Å². The van der Waals surface area contributed by atoms with Crippen LogP contribution in [0.1, 0.15) is 39.5 Å². The fraction of sp³-hybridized carbons (Fsp3) is 0.571. The van der Waals surface area contributed by atoms with Gasteiger partial charge in [-0.15, -0.1) is 17.0 Å². The van der Waals surface area contributed by atoms with Gasteiger partial charge in [-0.05, 0) is 23.8 Å². The smallest absolute Gasteiger partial charge is 0.0271 e. The number of unbranched alkanes of at least 4 members (excludes halogenated alkanes) is 2. The lowest BCUT2D eigenvalue weighted by atomic mass is 10.1. The molecule has 0 radical (unpaired) electrons. The van der Waals surface area contributed by atoms with Crippen LogP contribution in [0.3, 0.4) is 0 Å². The minimum absolute atomic E-state index is 0. The molecule has 1 rings (SSSR count). The second-order valence-electron chi connectivity index (χ2n) is 4.54. The zero-order valence-electron chi connectivity index (χ0n) is 10.4. The summed E-state index contributed by atoms with van der Waals surface area (Å²) in [6.45, 7) is 4.62. The number of hydrogen-bond acceptors (Lipinski definition) is 0. The molecule has 1 unspecified atom stereocenters. The van der Waals surface area contributed by atoms with Gasteiger partial charge in [-0.2, -0.15) is 0 Å². The lowest BCUT2D eigenvalue weighted by Gasteiger charge is -2.04. The van der Waals surface area contributed by atoms with Crippen LogP contribution in [-0.4, -0.2) is 6.16 Å². The van der Waals surface area contributed by atoms with Crippen LogP contribution in [0.15, 0.2) is 30.3 Å². The van der Waals surface area contributed by atoms with Crippen molar-refractivity contribution in [1.82, 2.24) is 0 Å². The molecule has 0 aliphatic carbocycles. The quantitative estimate of drug-likeness (QED) is 0.502. The SMILES string of the molecule is Br.CC(C)CCCCCPc1ccccc1. The van der Waals surface area contributed by atoms with Crippen LogP contribution < -0.4 is 5.30 Å². The molecule has 0 bridgehead atoms. The zero-order valence-corrected chi connectivity index (χ0v) is 13.1. The molecule has 0 nitrogen and oxygen atoms in total. The Hall–Kier alpha value is 0.130. The van der Waals surface area contributed by atoms with Crippen LogP contribution in [0.25, 0.3) is 0 Å². The van der Waals surface area contributed by atoms with E-state index in [-0.39, 0.29) is 17.0 Å². The molecule has 0 heterocycles. The van der Waals surface area contributed by atoms with Crippen molar-refractivity contribution in [3.05, 3.63) is 30.3 Å². The topological polar surface area (TPSA) is 0 Å². The summed E-state index contributed by atoms with van der Waals surface area (Å²) >= 11 is 0. The number of benzene rings is 1. The van der Waals surface area contributed by atoms with Crippen LogP contribution in [0.2, 0.25) is 0 Å². The number of halogens is 1. The Morgan fingerprint density at radius 1 is 1.00 bits per heavy atom. The van der Waals surface area contributed by atoms with Crippen LogP contribution >= 0.6 is 25.6 Å². The van der Waals surface area contributed by atoms with Gasteiger partial charge in [0, 0.05) is 0 Å². The van der Waals surface area contributed by atoms with Gasteiger partial charge >= 0.3 is 0 Å². The molecule has 0 spiro atoms. The maximum Gasteiger partial charge on any atom is -0.0271 e. The van der Waals surface area contributed by atoms with Gasteiger partial charge < -0.3 is 0 Å². The Labute approximate surface area is 113 Å². The molecule has 92 valence electrons. The van der Waals surface area contributed by atoms with Crippen molar-refractivity contribution in [2.45, 2.75) is 39.5 Å². The average Bonchev–Trinajstić information content (AvgIpc) is 2.24. The molecule has 0 aromatic heterocycles. The molecule has 0 aliphatic heterocycles. The maximum atomic E-state index is 2.31. The van der Waals surface area contributed by atoms with E-state index < -0.39 is 0 Å². The predicted octanol–water partition coefficient (Wildman–Crippen LogP) is 4.78. The average molecular weight is 303 g/mol. The highest BCUT2D eigenvalue weighted by Crippen LogP contribution is 2.15. The highest BCUT2D eigenvalue weighted by atomic mass is 79.9. The summed E-state index contributed by atoms with van der Waals surface area (Å²) in [4.78, 5) is 0. The van der Waals surface area contributed by atoms with Crippen LogP contribution in [0.4, 0.5) is 0 Å². The van der Waals surface area contributed by atoms with Crippen LogP contribution in [-0.2, 0) is 0 Å². The van der Waals surface area contributed by atoms with E-state index in [1.54, 1.807) is 0 Å². The van der Waals surface area contributed by atoms with E-state index in [0.717, 1.165) is 14.5 Å². The highest BCUT2D eigenvalue weighted by Gasteiger charge is 1.95. The second-order valence-corrected chi connectivity index (χ2v) is 5.97. The largest absolute Gasteiger partial charge is 0.114 e. The van der Waals surface area contributed by atoms with Gasteiger partial charge in [0.1, 0.15) is 0 Å². The summed E-state index contributed by atoms with van der Waals surface area (Å²) in [6.07, 6.45) is 7.01. The molecule has 1 aromatic rings. The monoisotopic (exact) mass is 302 g/mol. The van der Waals surface area contributed by atoms with Crippen molar-refractivity contribution in [2.75, 3.05) is 6.16 Å². The minimum atomic E-state index is 0. The molecule has 2 heteroatoms. The first-order valence-corrected chi connectivity index (χ1v) is 7.28. The number of hydrogen-bond donors (Lipinski definition) is 0. The molecule has 0 saturated heterocycles. The Bertz CT molecular complexity index is 246. The predicted molar refractivity (Wildman–Crippen MR) is 82.9 cm³/mol. The van der Waals surface area contributed by atoms with Crippen molar-refractivity contribution in [1.29, 1.82) is 0 Å². The Balaban J connectivity index is 0.00000225. The zero-order chi connectivity index (χ0) is 10.9. The van der Waals surface area contributed by atoms with Gasteiger partial charge in [-0.25, -0.2) is 0 Å². The first-order chi connectivity index (χ1) is 7.29. The third-order valence-electron chi connectivity index (χ3n) is 2.56. The van der Waals surface area contributed by atoms with Crippen molar-refractivity contribution >= 4 is 30.9 Å². The molecule has 0 N–H and O–H groups in total. The molecule has 0 saturated carbocycles.